The number of nitrogens with one attached hydrogen (secondary N) is 1. The van der Waals surface area contributed by atoms with Gasteiger partial charge in [0, 0.05) is 17.2 Å². The SMILES string of the molecule is CC(C)(C)C(=O)Nc1cc(C=O)cnc1Br. The summed E-state index contributed by atoms with van der Waals surface area (Å²) in [5.74, 6) is -0.127. The molecule has 5 heteroatoms. The van der Waals surface area contributed by atoms with Crippen LogP contribution in [0.2, 0.25) is 0 Å². The van der Waals surface area contributed by atoms with E-state index in [0.29, 0.717) is 22.1 Å². The summed E-state index contributed by atoms with van der Waals surface area (Å²) in [5.41, 5.74) is 0.438. The number of hydrogen-bond acceptors (Lipinski definition) is 3. The fraction of sp³-hybridized carbons (Fsp3) is 0.364. The first kappa shape index (κ1) is 12.8. The van der Waals surface area contributed by atoms with Gasteiger partial charge >= 0.3 is 0 Å². The van der Waals surface area contributed by atoms with Gasteiger partial charge in [0.25, 0.3) is 0 Å². The van der Waals surface area contributed by atoms with Crippen molar-refractivity contribution in [3.8, 4) is 0 Å². The molecule has 1 aromatic rings. The normalized spacial score (nSPS) is 11.0. The van der Waals surface area contributed by atoms with E-state index in [4.69, 9.17) is 0 Å². The Labute approximate surface area is 103 Å². The molecule has 0 aromatic carbocycles. The van der Waals surface area contributed by atoms with Crippen LogP contribution < -0.4 is 5.32 Å². The maximum Gasteiger partial charge on any atom is 0.229 e. The fourth-order valence-corrected chi connectivity index (χ4v) is 1.24. The molecule has 1 heterocycles. The number of nitrogens with zero attached hydrogens (tertiary/aromatic N) is 1. The number of carbonyl (C=O) groups is 2. The van der Waals surface area contributed by atoms with Crippen molar-refractivity contribution in [3.05, 3.63) is 22.4 Å². The molecule has 1 N–H and O–H groups in total. The van der Waals surface area contributed by atoms with Gasteiger partial charge in [0.05, 0.1) is 5.69 Å². The van der Waals surface area contributed by atoms with Crippen LogP contribution in [0.1, 0.15) is 31.1 Å². The van der Waals surface area contributed by atoms with Crippen molar-refractivity contribution in [2.24, 2.45) is 5.41 Å². The average Bonchev–Trinajstić information content (AvgIpc) is 2.19. The number of halogens is 1. The number of aldehydes is 1. The van der Waals surface area contributed by atoms with Gasteiger partial charge in [0.2, 0.25) is 5.91 Å². The lowest BCUT2D eigenvalue weighted by atomic mass is 9.95. The van der Waals surface area contributed by atoms with Crippen LogP contribution in [0, 0.1) is 5.41 Å². The maximum atomic E-state index is 11.7. The minimum Gasteiger partial charge on any atom is -0.323 e. The Bertz CT molecular complexity index is 424. The molecule has 86 valence electrons. The van der Waals surface area contributed by atoms with Gasteiger partial charge in [-0.2, -0.15) is 0 Å². The predicted octanol–water partition coefficient (Wildman–Crippen LogP) is 2.64. The highest BCUT2D eigenvalue weighted by Crippen LogP contribution is 2.23. The molecule has 0 fully saturated rings. The lowest BCUT2D eigenvalue weighted by Crippen LogP contribution is -2.27. The van der Waals surface area contributed by atoms with Crippen LogP contribution in [-0.2, 0) is 4.79 Å². The number of amides is 1. The van der Waals surface area contributed by atoms with Gasteiger partial charge < -0.3 is 5.32 Å². The van der Waals surface area contributed by atoms with Crippen LogP contribution in [-0.4, -0.2) is 17.2 Å². The topological polar surface area (TPSA) is 59.1 Å². The van der Waals surface area contributed by atoms with Crippen molar-refractivity contribution in [2.45, 2.75) is 20.8 Å². The first-order chi connectivity index (χ1) is 7.34. The van der Waals surface area contributed by atoms with Crippen molar-refractivity contribution >= 4 is 33.8 Å². The molecule has 0 unspecified atom stereocenters. The zero-order valence-electron chi connectivity index (χ0n) is 9.37. The summed E-state index contributed by atoms with van der Waals surface area (Å²) >= 11 is 3.21. The molecule has 0 aliphatic carbocycles. The van der Waals surface area contributed by atoms with E-state index in [1.807, 2.05) is 20.8 Å². The van der Waals surface area contributed by atoms with E-state index < -0.39 is 5.41 Å². The molecule has 1 rings (SSSR count). The van der Waals surface area contributed by atoms with Crippen LogP contribution in [0.4, 0.5) is 5.69 Å². The molecule has 0 saturated heterocycles. The number of aromatic nitrogens is 1. The van der Waals surface area contributed by atoms with Gasteiger partial charge in [0.15, 0.2) is 6.29 Å². The number of anilines is 1. The first-order valence-electron chi connectivity index (χ1n) is 4.77. The van der Waals surface area contributed by atoms with E-state index in [0.717, 1.165) is 0 Å². The van der Waals surface area contributed by atoms with Crippen molar-refractivity contribution < 1.29 is 9.59 Å². The van der Waals surface area contributed by atoms with E-state index >= 15 is 0 Å². The molecule has 4 nitrogen and oxygen atoms in total. The molecule has 0 saturated carbocycles. The Morgan fingerprint density at radius 1 is 1.50 bits per heavy atom. The molecule has 16 heavy (non-hydrogen) atoms. The summed E-state index contributed by atoms with van der Waals surface area (Å²) in [5, 5.41) is 2.72. The smallest absolute Gasteiger partial charge is 0.229 e. The Kier molecular flexibility index (Phi) is 3.80. The second kappa shape index (κ2) is 4.74. The molecule has 0 spiro atoms. The highest BCUT2D eigenvalue weighted by Gasteiger charge is 2.22. The van der Waals surface area contributed by atoms with Gasteiger partial charge in [-0.15, -0.1) is 0 Å². The van der Waals surface area contributed by atoms with Crippen LogP contribution >= 0.6 is 15.9 Å². The highest BCUT2D eigenvalue weighted by atomic mass is 79.9. The Balaban J connectivity index is 2.97. The molecule has 0 aliphatic rings. The maximum absolute atomic E-state index is 11.7. The van der Waals surface area contributed by atoms with Crippen molar-refractivity contribution in [1.29, 1.82) is 0 Å². The zero-order chi connectivity index (χ0) is 12.3. The second-order valence-electron chi connectivity index (χ2n) is 4.43. The Morgan fingerprint density at radius 3 is 2.62 bits per heavy atom. The van der Waals surface area contributed by atoms with Gasteiger partial charge in [-0.3, -0.25) is 9.59 Å². The Morgan fingerprint density at radius 2 is 2.12 bits per heavy atom. The molecular weight excluding hydrogens is 272 g/mol. The van der Waals surface area contributed by atoms with Crippen molar-refractivity contribution in [3.63, 3.8) is 0 Å². The summed E-state index contributed by atoms with van der Waals surface area (Å²) in [4.78, 5) is 26.3. The highest BCUT2D eigenvalue weighted by molar-refractivity contribution is 9.10. The Hall–Kier alpha value is -1.23. The van der Waals surface area contributed by atoms with Gasteiger partial charge in [-0.05, 0) is 22.0 Å². The number of rotatable bonds is 2. The molecule has 0 radical (unpaired) electrons. The summed E-state index contributed by atoms with van der Waals surface area (Å²) in [6.07, 6.45) is 2.12. The van der Waals surface area contributed by atoms with Gasteiger partial charge in [-0.25, -0.2) is 4.98 Å². The minimum atomic E-state index is -0.489. The molecule has 1 amide bonds. The largest absolute Gasteiger partial charge is 0.323 e. The summed E-state index contributed by atoms with van der Waals surface area (Å²) in [7, 11) is 0. The van der Waals surface area contributed by atoms with Crippen molar-refractivity contribution in [2.75, 3.05) is 5.32 Å². The van der Waals surface area contributed by atoms with Crippen LogP contribution in [0.15, 0.2) is 16.9 Å². The molecule has 1 aromatic heterocycles. The lowest BCUT2D eigenvalue weighted by molar-refractivity contribution is -0.123. The molecular formula is C11H13BrN2O2. The standard InChI is InChI=1S/C11H13BrN2O2/c1-11(2,3)10(16)14-8-4-7(6-15)5-13-9(8)12/h4-6H,1-3H3,(H,14,16). The monoisotopic (exact) mass is 284 g/mol. The quantitative estimate of drug-likeness (QED) is 0.671. The molecule has 0 bridgehead atoms. The van der Waals surface area contributed by atoms with E-state index in [9.17, 15) is 9.59 Å². The summed E-state index contributed by atoms with van der Waals surface area (Å²) in [6, 6.07) is 1.58. The first-order valence-corrected chi connectivity index (χ1v) is 5.56. The van der Waals surface area contributed by atoms with E-state index in [2.05, 4.69) is 26.2 Å². The van der Waals surface area contributed by atoms with Crippen LogP contribution in [0.25, 0.3) is 0 Å². The minimum absolute atomic E-state index is 0.127. The third kappa shape index (κ3) is 3.13. The summed E-state index contributed by atoms with van der Waals surface area (Å²) < 4.78 is 0.510. The second-order valence-corrected chi connectivity index (χ2v) is 5.18. The molecule has 0 atom stereocenters. The van der Waals surface area contributed by atoms with Crippen LogP contribution in [0.3, 0.4) is 0 Å². The number of hydrogen-bond donors (Lipinski definition) is 1. The van der Waals surface area contributed by atoms with Gasteiger partial charge in [0.1, 0.15) is 4.60 Å². The van der Waals surface area contributed by atoms with E-state index in [-0.39, 0.29) is 5.91 Å². The third-order valence-corrected chi connectivity index (χ3v) is 2.56. The van der Waals surface area contributed by atoms with Crippen LogP contribution in [0.5, 0.6) is 0 Å². The fourth-order valence-electron chi connectivity index (χ4n) is 0.926. The summed E-state index contributed by atoms with van der Waals surface area (Å²) in [6.45, 7) is 5.44. The van der Waals surface area contributed by atoms with E-state index in [1.54, 1.807) is 6.07 Å². The van der Waals surface area contributed by atoms with Crippen molar-refractivity contribution in [1.82, 2.24) is 4.98 Å². The van der Waals surface area contributed by atoms with Gasteiger partial charge in [-0.1, -0.05) is 20.8 Å². The lowest BCUT2D eigenvalue weighted by Gasteiger charge is -2.18. The number of pyridine rings is 1. The third-order valence-electron chi connectivity index (χ3n) is 1.93. The average molecular weight is 285 g/mol. The number of carbonyl (C=O) groups excluding carboxylic acids is 2. The zero-order valence-corrected chi connectivity index (χ0v) is 11.0. The predicted molar refractivity (Wildman–Crippen MR) is 65.4 cm³/mol. The van der Waals surface area contributed by atoms with E-state index in [1.165, 1.54) is 6.20 Å². The molecule has 0 aliphatic heterocycles.